The number of nitrogens with zero attached hydrogens (tertiary/aromatic N) is 1. The van der Waals surface area contributed by atoms with Crippen molar-refractivity contribution in [3.05, 3.63) is 0 Å². The normalized spacial score (nSPS) is 27.3. The molecule has 0 aromatic rings. The second-order valence-corrected chi connectivity index (χ2v) is 5.54. The maximum atomic E-state index is 12.4. The second kappa shape index (κ2) is 4.00. The van der Waals surface area contributed by atoms with Crippen LogP contribution in [0, 0.1) is 5.41 Å². The van der Waals surface area contributed by atoms with E-state index in [1.807, 2.05) is 4.90 Å². The Balaban J connectivity index is 2.02. The van der Waals surface area contributed by atoms with E-state index in [0.29, 0.717) is 13.1 Å². The topological polar surface area (TPSA) is 52.6 Å². The Morgan fingerprint density at radius 1 is 1.38 bits per heavy atom. The van der Waals surface area contributed by atoms with Gasteiger partial charge in [-0.25, -0.2) is 0 Å². The van der Waals surface area contributed by atoms with Gasteiger partial charge < -0.3 is 15.3 Å². The molecule has 0 aromatic carbocycles. The highest BCUT2D eigenvalue weighted by molar-refractivity contribution is 5.83. The molecule has 0 unspecified atom stereocenters. The lowest BCUT2D eigenvalue weighted by Gasteiger charge is -2.49. The van der Waals surface area contributed by atoms with Crippen LogP contribution in [0.25, 0.3) is 0 Å². The largest absolute Gasteiger partial charge is 0.386 e. The van der Waals surface area contributed by atoms with Gasteiger partial charge in [-0.3, -0.25) is 4.79 Å². The Morgan fingerprint density at radius 3 is 2.38 bits per heavy atom. The number of hydrogen-bond acceptors (Lipinski definition) is 3. The zero-order valence-corrected chi connectivity index (χ0v) is 10.3. The summed E-state index contributed by atoms with van der Waals surface area (Å²) < 4.78 is 0. The summed E-state index contributed by atoms with van der Waals surface area (Å²) in [5.74, 6) is 0.253. The molecule has 16 heavy (non-hydrogen) atoms. The number of nitrogens with one attached hydrogen (secondary N) is 1. The highest BCUT2D eigenvalue weighted by Crippen LogP contribution is 2.37. The Hall–Kier alpha value is -0.610. The lowest BCUT2D eigenvalue weighted by Crippen LogP contribution is -2.65. The molecule has 2 fully saturated rings. The SMILES string of the molecule is CCC1(C(=O)N2CC(C)(O)C2)CCNCC1. The monoisotopic (exact) mass is 226 g/mol. The Morgan fingerprint density at radius 2 is 1.94 bits per heavy atom. The molecular weight excluding hydrogens is 204 g/mol. The molecule has 2 heterocycles. The predicted octanol–water partition coefficient (Wildman–Crippen LogP) is 0.359. The molecule has 0 aliphatic carbocycles. The number of aliphatic hydroxyl groups is 1. The fourth-order valence-corrected chi connectivity index (χ4v) is 2.88. The van der Waals surface area contributed by atoms with Crippen molar-refractivity contribution >= 4 is 5.91 Å². The molecule has 4 nitrogen and oxygen atoms in total. The number of piperidine rings is 1. The minimum absolute atomic E-state index is 0.165. The summed E-state index contributed by atoms with van der Waals surface area (Å²) in [5.41, 5.74) is -0.820. The van der Waals surface area contributed by atoms with Crippen molar-refractivity contribution < 1.29 is 9.90 Å². The van der Waals surface area contributed by atoms with Crippen LogP contribution in [0.15, 0.2) is 0 Å². The van der Waals surface area contributed by atoms with Gasteiger partial charge >= 0.3 is 0 Å². The summed E-state index contributed by atoms with van der Waals surface area (Å²) >= 11 is 0. The second-order valence-electron chi connectivity index (χ2n) is 5.54. The number of carbonyl (C=O) groups is 1. The van der Waals surface area contributed by atoms with E-state index in [4.69, 9.17) is 0 Å². The van der Waals surface area contributed by atoms with Crippen LogP contribution in [0.3, 0.4) is 0 Å². The first-order valence-corrected chi connectivity index (χ1v) is 6.22. The van der Waals surface area contributed by atoms with Gasteiger partial charge in [0.2, 0.25) is 5.91 Å². The molecule has 2 saturated heterocycles. The van der Waals surface area contributed by atoms with Gasteiger partial charge in [0.15, 0.2) is 0 Å². The van der Waals surface area contributed by atoms with Gasteiger partial charge in [0.05, 0.1) is 24.1 Å². The lowest BCUT2D eigenvalue weighted by atomic mass is 9.74. The van der Waals surface area contributed by atoms with Crippen molar-refractivity contribution in [1.82, 2.24) is 10.2 Å². The van der Waals surface area contributed by atoms with E-state index in [1.165, 1.54) is 0 Å². The zero-order valence-electron chi connectivity index (χ0n) is 10.3. The van der Waals surface area contributed by atoms with E-state index in [9.17, 15) is 9.90 Å². The van der Waals surface area contributed by atoms with Crippen LogP contribution >= 0.6 is 0 Å². The van der Waals surface area contributed by atoms with Crippen LogP contribution in [0.1, 0.15) is 33.1 Å². The maximum absolute atomic E-state index is 12.4. The molecule has 4 heteroatoms. The van der Waals surface area contributed by atoms with Crippen molar-refractivity contribution in [1.29, 1.82) is 0 Å². The number of rotatable bonds is 2. The van der Waals surface area contributed by atoms with Crippen molar-refractivity contribution in [2.45, 2.75) is 38.7 Å². The Kier molecular flexibility index (Phi) is 2.97. The highest BCUT2D eigenvalue weighted by atomic mass is 16.3. The number of amides is 1. The third-order valence-electron chi connectivity index (χ3n) is 4.04. The third kappa shape index (κ3) is 1.96. The smallest absolute Gasteiger partial charge is 0.229 e. The van der Waals surface area contributed by atoms with Crippen molar-refractivity contribution in [3.8, 4) is 0 Å². The van der Waals surface area contributed by atoms with E-state index in [1.54, 1.807) is 6.92 Å². The van der Waals surface area contributed by atoms with Crippen molar-refractivity contribution in [2.24, 2.45) is 5.41 Å². The van der Waals surface area contributed by atoms with E-state index in [0.717, 1.165) is 32.4 Å². The molecule has 2 N–H and O–H groups in total. The summed E-state index contributed by atoms with van der Waals surface area (Å²) in [7, 11) is 0. The minimum atomic E-state index is -0.655. The molecule has 0 atom stereocenters. The van der Waals surface area contributed by atoms with E-state index >= 15 is 0 Å². The van der Waals surface area contributed by atoms with Crippen LogP contribution in [-0.2, 0) is 4.79 Å². The molecule has 0 radical (unpaired) electrons. The Bertz CT molecular complexity index is 275. The van der Waals surface area contributed by atoms with Crippen molar-refractivity contribution in [2.75, 3.05) is 26.2 Å². The van der Waals surface area contributed by atoms with Gasteiger partial charge in [0, 0.05) is 0 Å². The molecule has 1 amide bonds. The number of likely N-dealkylation sites (tertiary alicyclic amines) is 1. The van der Waals surface area contributed by atoms with E-state index in [-0.39, 0.29) is 11.3 Å². The van der Waals surface area contributed by atoms with Crippen molar-refractivity contribution in [3.63, 3.8) is 0 Å². The van der Waals surface area contributed by atoms with Gasteiger partial charge in [-0.1, -0.05) is 6.92 Å². The fourth-order valence-electron chi connectivity index (χ4n) is 2.88. The highest BCUT2D eigenvalue weighted by Gasteiger charge is 2.47. The summed E-state index contributed by atoms with van der Waals surface area (Å²) in [6.45, 7) is 6.76. The molecule has 2 aliphatic rings. The third-order valence-corrected chi connectivity index (χ3v) is 4.04. The molecule has 2 rings (SSSR count). The van der Waals surface area contributed by atoms with Gasteiger partial charge in [-0.2, -0.15) is 0 Å². The molecule has 2 aliphatic heterocycles. The molecular formula is C12H22N2O2. The van der Waals surface area contributed by atoms with Crippen LogP contribution < -0.4 is 5.32 Å². The lowest BCUT2D eigenvalue weighted by molar-refractivity contribution is -0.165. The first-order valence-electron chi connectivity index (χ1n) is 6.22. The number of carbonyl (C=O) groups excluding carboxylic acids is 1. The first-order chi connectivity index (χ1) is 7.49. The maximum Gasteiger partial charge on any atom is 0.229 e. The predicted molar refractivity (Wildman–Crippen MR) is 62.0 cm³/mol. The molecule has 92 valence electrons. The molecule has 0 saturated carbocycles. The molecule has 0 bridgehead atoms. The van der Waals surface area contributed by atoms with Crippen LogP contribution in [0.5, 0.6) is 0 Å². The average molecular weight is 226 g/mol. The summed E-state index contributed by atoms with van der Waals surface area (Å²) in [6, 6.07) is 0. The average Bonchev–Trinajstić information content (AvgIpc) is 2.25. The summed E-state index contributed by atoms with van der Waals surface area (Å²) in [6.07, 6.45) is 2.77. The van der Waals surface area contributed by atoms with E-state index < -0.39 is 5.60 Å². The first kappa shape index (κ1) is 11.9. The number of β-amino-alcohol motifs (C(OH)–C–C–N with tert-alkyl or cyclic N) is 1. The minimum Gasteiger partial charge on any atom is -0.386 e. The van der Waals surface area contributed by atoms with Gasteiger partial charge in [0.25, 0.3) is 0 Å². The van der Waals surface area contributed by atoms with Crippen LogP contribution in [-0.4, -0.2) is 47.7 Å². The van der Waals surface area contributed by atoms with Crippen LogP contribution in [0.4, 0.5) is 0 Å². The fraction of sp³-hybridized carbons (Fsp3) is 0.917. The molecule has 0 spiro atoms. The zero-order chi connectivity index (χ0) is 11.8. The molecule has 0 aromatic heterocycles. The quantitative estimate of drug-likeness (QED) is 0.715. The Labute approximate surface area is 97.0 Å². The van der Waals surface area contributed by atoms with Gasteiger partial charge in [-0.05, 0) is 39.3 Å². The number of hydrogen-bond donors (Lipinski definition) is 2. The summed E-state index contributed by atoms with van der Waals surface area (Å²) in [4.78, 5) is 14.2. The standard InChI is InChI=1S/C12H22N2O2/c1-3-12(4-6-13-7-5-12)10(15)14-8-11(2,16)9-14/h13,16H,3-9H2,1-2H3. The van der Waals surface area contributed by atoms with Gasteiger partial charge in [-0.15, -0.1) is 0 Å². The van der Waals surface area contributed by atoms with Gasteiger partial charge in [0.1, 0.15) is 0 Å². The van der Waals surface area contributed by atoms with E-state index in [2.05, 4.69) is 12.2 Å². The van der Waals surface area contributed by atoms with Crippen LogP contribution in [0.2, 0.25) is 0 Å². The summed E-state index contributed by atoms with van der Waals surface area (Å²) in [5, 5.41) is 13.0.